The third-order valence-corrected chi connectivity index (χ3v) is 3.21. The molecule has 0 aromatic heterocycles. The van der Waals surface area contributed by atoms with Gasteiger partial charge in [-0.2, -0.15) is 0 Å². The van der Waals surface area contributed by atoms with Crippen molar-refractivity contribution in [3.8, 4) is 0 Å². The number of carbonyl (C=O) groups excluding carboxylic acids is 2. The number of aliphatic carboxylic acids is 1. The number of hydrogen-bond donors (Lipinski definition) is 3. The number of hydrogen-bond acceptors (Lipinski definition) is 4. The van der Waals surface area contributed by atoms with Gasteiger partial charge < -0.3 is 21.5 Å². The number of rotatable bonds is 4. The zero-order chi connectivity index (χ0) is 13.9. The van der Waals surface area contributed by atoms with Gasteiger partial charge in [0.2, 0.25) is 11.8 Å². The Bertz CT molecular complexity index is 358. The van der Waals surface area contributed by atoms with Gasteiger partial charge in [0, 0.05) is 6.54 Å². The number of carboxylic acids is 1. The first-order valence-corrected chi connectivity index (χ1v) is 5.91. The summed E-state index contributed by atoms with van der Waals surface area (Å²) in [5, 5.41) is 9.17. The maximum absolute atomic E-state index is 12.0. The molecule has 1 heterocycles. The highest BCUT2D eigenvalue weighted by Gasteiger charge is 2.38. The van der Waals surface area contributed by atoms with Crippen LogP contribution >= 0.6 is 0 Å². The molecule has 3 atom stereocenters. The highest BCUT2D eigenvalue weighted by Crippen LogP contribution is 2.24. The minimum atomic E-state index is -1.06. The van der Waals surface area contributed by atoms with Crippen LogP contribution in [-0.4, -0.2) is 46.4 Å². The molecule has 1 fully saturated rings. The van der Waals surface area contributed by atoms with Crippen LogP contribution in [0.3, 0.4) is 0 Å². The summed E-state index contributed by atoms with van der Waals surface area (Å²) in [5.74, 6) is -2.36. The Morgan fingerprint density at radius 3 is 2.56 bits per heavy atom. The van der Waals surface area contributed by atoms with E-state index in [0.29, 0.717) is 6.54 Å². The van der Waals surface area contributed by atoms with E-state index in [1.807, 2.05) is 0 Å². The number of carboxylic acid groups (broad SMARTS) is 1. The molecule has 7 nitrogen and oxygen atoms in total. The molecule has 0 aromatic rings. The van der Waals surface area contributed by atoms with Crippen LogP contribution < -0.4 is 11.5 Å². The third-order valence-electron chi connectivity index (χ3n) is 3.21. The first kappa shape index (κ1) is 14.4. The first-order valence-electron chi connectivity index (χ1n) is 5.91. The van der Waals surface area contributed by atoms with Gasteiger partial charge in [-0.25, -0.2) is 4.79 Å². The van der Waals surface area contributed by atoms with Crippen LogP contribution in [0.25, 0.3) is 0 Å². The molecule has 7 heteroatoms. The number of piperidine rings is 1. The summed E-state index contributed by atoms with van der Waals surface area (Å²) in [6, 6.07) is -1.93. The lowest BCUT2D eigenvalue weighted by Crippen LogP contribution is -2.56. The van der Waals surface area contributed by atoms with Gasteiger partial charge in [-0.15, -0.1) is 0 Å². The number of likely N-dealkylation sites (tertiary alicyclic amines) is 1. The number of nitrogens with two attached hydrogens (primary N) is 2. The van der Waals surface area contributed by atoms with E-state index in [9.17, 15) is 14.4 Å². The van der Waals surface area contributed by atoms with E-state index in [1.165, 1.54) is 4.90 Å². The molecule has 0 radical (unpaired) electrons. The maximum Gasteiger partial charge on any atom is 0.326 e. The van der Waals surface area contributed by atoms with E-state index in [0.717, 1.165) is 12.8 Å². The van der Waals surface area contributed by atoms with Crippen LogP contribution in [0.4, 0.5) is 0 Å². The standard InChI is InChI=1S/C11H19N3O4/c1-6-3-2-4-14(9(6)11(17)18)10(16)7(12)5-8(13)15/h6-7,9H,2-5,12H2,1H3,(H2,13,15)(H,17,18). The smallest absolute Gasteiger partial charge is 0.326 e. The molecule has 1 aliphatic rings. The van der Waals surface area contributed by atoms with Crippen molar-refractivity contribution in [1.82, 2.24) is 4.90 Å². The van der Waals surface area contributed by atoms with Crippen LogP contribution in [0, 0.1) is 5.92 Å². The van der Waals surface area contributed by atoms with Crippen molar-refractivity contribution in [3.63, 3.8) is 0 Å². The van der Waals surface area contributed by atoms with Crippen LogP contribution in [-0.2, 0) is 14.4 Å². The zero-order valence-electron chi connectivity index (χ0n) is 10.3. The summed E-state index contributed by atoms with van der Waals surface area (Å²) in [7, 11) is 0. The van der Waals surface area contributed by atoms with Crippen LogP contribution in [0.2, 0.25) is 0 Å². The van der Waals surface area contributed by atoms with Crippen molar-refractivity contribution in [2.24, 2.45) is 17.4 Å². The lowest BCUT2D eigenvalue weighted by molar-refractivity contribution is -0.155. The van der Waals surface area contributed by atoms with Gasteiger partial charge in [-0.1, -0.05) is 6.92 Å². The molecule has 1 saturated heterocycles. The lowest BCUT2D eigenvalue weighted by Gasteiger charge is -2.38. The average molecular weight is 257 g/mol. The quantitative estimate of drug-likeness (QED) is 0.589. The molecule has 2 amide bonds. The van der Waals surface area contributed by atoms with Crippen molar-refractivity contribution in [1.29, 1.82) is 0 Å². The number of amides is 2. The largest absolute Gasteiger partial charge is 0.480 e. The number of primary amides is 1. The van der Waals surface area contributed by atoms with Crippen molar-refractivity contribution in [2.45, 2.75) is 38.3 Å². The molecule has 1 rings (SSSR count). The van der Waals surface area contributed by atoms with Crippen molar-refractivity contribution >= 4 is 17.8 Å². The predicted octanol–water partition coefficient (Wildman–Crippen LogP) is -1.10. The molecule has 0 spiro atoms. The Hall–Kier alpha value is -1.63. The summed E-state index contributed by atoms with van der Waals surface area (Å²) in [6.45, 7) is 2.14. The first-order chi connectivity index (χ1) is 8.34. The number of nitrogens with zero attached hydrogens (tertiary/aromatic N) is 1. The van der Waals surface area contributed by atoms with Crippen LogP contribution in [0.5, 0.6) is 0 Å². The zero-order valence-corrected chi connectivity index (χ0v) is 10.3. The third kappa shape index (κ3) is 3.19. The van der Waals surface area contributed by atoms with Crippen molar-refractivity contribution < 1.29 is 19.5 Å². The van der Waals surface area contributed by atoms with E-state index < -0.39 is 29.9 Å². The molecule has 102 valence electrons. The second-order valence-electron chi connectivity index (χ2n) is 4.71. The van der Waals surface area contributed by atoms with E-state index in [2.05, 4.69) is 0 Å². The van der Waals surface area contributed by atoms with Gasteiger partial charge in [0.1, 0.15) is 6.04 Å². The van der Waals surface area contributed by atoms with Crippen molar-refractivity contribution in [3.05, 3.63) is 0 Å². The van der Waals surface area contributed by atoms with Crippen molar-refractivity contribution in [2.75, 3.05) is 6.54 Å². The maximum atomic E-state index is 12.0. The van der Waals surface area contributed by atoms with Crippen LogP contribution in [0.15, 0.2) is 0 Å². The van der Waals surface area contributed by atoms with Crippen LogP contribution in [0.1, 0.15) is 26.2 Å². The number of carbonyl (C=O) groups is 3. The van der Waals surface area contributed by atoms with Gasteiger partial charge in [0.15, 0.2) is 0 Å². The molecule has 0 bridgehead atoms. The fourth-order valence-electron chi connectivity index (χ4n) is 2.33. The van der Waals surface area contributed by atoms with Gasteiger partial charge in [-0.3, -0.25) is 9.59 Å². The Balaban J connectivity index is 2.81. The highest BCUT2D eigenvalue weighted by atomic mass is 16.4. The molecule has 0 aliphatic carbocycles. The van der Waals surface area contributed by atoms with E-state index in [-0.39, 0.29) is 12.3 Å². The van der Waals surface area contributed by atoms with E-state index >= 15 is 0 Å². The molecule has 3 unspecified atom stereocenters. The minimum Gasteiger partial charge on any atom is -0.480 e. The van der Waals surface area contributed by atoms with Gasteiger partial charge >= 0.3 is 5.97 Å². The van der Waals surface area contributed by atoms with Gasteiger partial charge in [0.25, 0.3) is 0 Å². The molecular formula is C11H19N3O4. The summed E-state index contributed by atoms with van der Waals surface area (Å²) in [6.07, 6.45) is 1.22. The molecule has 0 aromatic carbocycles. The predicted molar refractivity (Wildman–Crippen MR) is 63.3 cm³/mol. The van der Waals surface area contributed by atoms with Gasteiger partial charge in [-0.05, 0) is 18.8 Å². The Morgan fingerprint density at radius 1 is 1.44 bits per heavy atom. The highest BCUT2D eigenvalue weighted by molar-refractivity contribution is 5.90. The fraction of sp³-hybridized carbons (Fsp3) is 0.727. The summed E-state index contributed by atoms with van der Waals surface area (Å²) in [5.41, 5.74) is 10.5. The average Bonchev–Trinajstić information content (AvgIpc) is 2.26. The Labute approximate surface area is 105 Å². The molecular weight excluding hydrogens is 238 g/mol. The lowest BCUT2D eigenvalue weighted by atomic mass is 9.90. The second-order valence-corrected chi connectivity index (χ2v) is 4.71. The Morgan fingerprint density at radius 2 is 2.06 bits per heavy atom. The van der Waals surface area contributed by atoms with Gasteiger partial charge in [0.05, 0.1) is 12.5 Å². The summed E-state index contributed by atoms with van der Waals surface area (Å²) < 4.78 is 0. The molecule has 1 aliphatic heterocycles. The fourth-order valence-corrected chi connectivity index (χ4v) is 2.33. The normalized spacial score (nSPS) is 25.6. The summed E-state index contributed by atoms with van der Waals surface area (Å²) >= 11 is 0. The summed E-state index contributed by atoms with van der Waals surface area (Å²) in [4.78, 5) is 35.2. The molecule has 0 saturated carbocycles. The Kier molecular flexibility index (Phi) is 4.66. The monoisotopic (exact) mass is 257 g/mol. The van der Waals surface area contributed by atoms with E-state index in [4.69, 9.17) is 16.6 Å². The topological polar surface area (TPSA) is 127 Å². The molecule has 18 heavy (non-hydrogen) atoms. The SMILES string of the molecule is CC1CCCN(C(=O)C(N)CC(N)=O)C1C(=O)O. The minimum absolute atomic E-state index is 0.124. The van der Waals surface area contributed by atoms with E-state index in [1.54, 1.807) is 6.92 Å². The second kappa shape index (κ2) is 5.81. The molecule has 5 N–H and O–H groups in total.